The number of aromatic hydroxyl groups is 1. The van der Waals surface area contributed by atoms with Crippen LogP contribution in [0.3, 0.4) is 0 Å². The number of hydrogen-bond donors (Lipinski definition) is 2. The minimum atomic E-state index is 0.308. The molecule has 2 nitrogen and oxygen atoms in total. The van der Waals surface area contributed by atoms with Crippen LogP contribution in [0.5, 0.6) is 5.75 Å². The van der Waals surface area contributed by atoms with Gasteiger partial charge in [0.05, 0.1) is 6.04 Å². The Hall–Kier alpha value is -1.96. The van der Waals surface area contributed by atoms with E-state index in [-0.39, 0.29) is 0 Å². The fourth-order valence-corrected chi connectivity index (χ4v) is 2.88. The Bertz CT molecular complexity index is 619. The molecule has 0 amide bonds. The fourth-order valence-electron chi connectivity index (χ4n) is 2.88. The zero-order valence-corrected chi connectivity index (χ0v) is 11.4. The molecule has 0 bridgehead atoms. The second-order valence-electron chi connectivity index (χ2n) is 5.33. The zero-order chi connectivity index (χ0) is 13.4. The summed E-state index contributed by atoms with van der Waals surface area (Å²) >= 11 is 0. The van der Waals surface area contributed by atoms with Crippen LogP contribution in [0.2, 0.25) is 0 Å². The summed E-state index contributed by atoms with van der Waals surface area (Å²) in [5.74, 6) is 0.433. The summed E-state index contributed by atoms with van der Waals surface area (Å²) in [5.41, 5.74) is 6.14. The SMILES string of the molecule is Cc1cccc(NC2CCc3c(O)cccc32)c1C. The van der Waals surface area contributed by atoms with Gasteiger partial charge in [0.15, 0.2) is 0 Å². The van der Waals surface area contributed by atoms with Gasteiger partial charge >= 0.3 is 0 Å². The molecule has 2 aromatic rings. The number of rotatable bonds is 2. The number of nitrogens with one attached hydrogen (secondary N) is 1. The first-order chi connectivity index (χ1) is 9.16. The van der Waals surface area contributed by atoms with Crippen molar-refractivity contribution in [3.05, 3.63) is 58.7 Å². The molecule has 0 fully saturated rings. The minimum Gasteiger partial charge on any atom is -0.508 e. The van der Waals surface area contributed by atoms with Crippen LogP contribution < -0.4 is 5.32 Å². The Kier molecular flexibility index (Phi) is 2.94. The highest BCUT2D eigenvalue weighted by atomic mass is 16.3. The lowest BCUT2D eigenvalue weighted by Crippen LogP contribution is -2.08. The van der Waals surface area contributed by atoms with Crippen molar-refractivity contribution in [1.82, 2.24) is 0 Å². The molecule has 0 heterocycles. The number of anilines is 1. The second-order valence-corrected chi connectivity index (χ2v) is 5.33. The molecular formula is C17H19NO. The third-order valence-corrected chi connectivity index (χ3v) is 4.18. The molecule has 0 saturated carbocycles. The van der Waals surface area contributed by atoms with Crippen LogP contribution in [0.15, 0.2) is 36.4 Å². The Morgan fingerprint density at radius 3 is 2.74 bits per heavy atom. The van der Waals surface area contributed by atoms with Gasteiger partial charge in [-0.2, -0.15) is 0 Å². The van der Waals surface area contributed by atoms with Crippen molar-refractivity contribution in [1.29, 1.82) is 0 Å². The summed E-state index contributed by atoms with van der Waals surface area (Å²) < 4.78 is 0. The lowest BCUT2D eigenvalue weighted by molar-refractivity contribution is 0.469. The number of benzene rings is 2. The van der Waals surface area contributed by atoms with Crippen molar-refractivity contribution >= 4 is 5.69 Å². The molecule has 1 aliphatic carbocycles. The van der Waals surface area contributed by atoms with E-state index in [9.17, 15) is 5.11 Å². The minimum absolute atomic E-state index is 0.308. The van der Waals surface area contributed by atoms with Crippen molar-refractivity contribution in [3.63, 3.8) is 0 Å². The second kappa shape index (κ2) is 4.61. The van der Waals surface area contributed by atoms with Gasteiger partial charge in [0, 0.05) is 5.69 Å². The molecule has 1 aliphatic rings. The van der Waals surface area contributed by atoms with Gasteiger partial charge in [-0.05, 0) is 61.1 Å². The average Bonchev–Trinajstić information content (AvgIpc) is 2.80. The van der Waals surface area contributed by atoms with E-state index in [1.807, 2.05) is 6.07 Å². The standard InChI is InChI=1S/C17H19NO/c1-11-5-3-7-15(12(11)2)18-16-10-9-14-13(16)6-4-8-17(14)19/h3-8,16,18-19H,9-10H2,1-2H3. The summed E-state index contributed by atoms with van der Waals surface area (Å²) in [7, 11) is 0. The van der Waals surface area contributed by atoms with E-state index in [1.54, 1.807) is 6.07 Å². The first kappa shape index (κ1) is 12.1. The maximum Gasteiger partial charge on any atom is 0.119 e. The number of fused-ring (bicyclic) bond motifs is 1. The third-order valence-electron chi connectivity index (χ3n) is 4.18. The predicted octanol–water partition coefficient (Wildman–Crippen LogP) is 4.11. The average molecular weight is 253 g/mol. The predicted molar refractivity (Wildman–Crippen MR) is 78.7 cm³/mol. The van der Waals surface area contributed by atoms with Crippen molar-refractivity contribution in [2.24, 2.45) is 0 Å². The molecule has 0 radical (unpaired) electrons. The van der Waals surface area contributed by atoms with Gasteiger partial charge < -0.3 is 10.4 Å². The molecule has 1 atom stereocenters. The van der Waals surface area contributed by atoms with Crippen LogP contribution in [-0.4, -0.2) is 5.11 Å². The lowest BCUT2D eigenvalue weighted by atomic mass is 10.0. The molecule has 0 aliphatic heterocycles. The molecule has 2 heteroatoms. The maximum atomic E-state index is 9.89. The van der Waals surface area contributed by atoms with Gasteiger partial charge in [0.2, 0.25) is 0 Å². The summed E-state index contributed by atoms with van der Waals surface area (Å²) in [5, 5.41) is 13.5. The van der Waals surface area contributed by atoms with Gasteiger partial charge in [-0.3, -0.25) is 0 Å². The van der Waals surface area contributed by atoms with Crippen molar-refractivity contribution < 1.29 is 5.11 Å². The van der Waals surface area contributed by atoms with Gasteiger partial charge in [0.1, 0.15) is 5.75 Å². The van der Waals surface area contributed by atoms with Crippen LogP contribution >= 0.6 is 0 Å². The molecule has 2 aromatic carbocycles. The number of aryl methyl sites for hydroxylation is 1. The normalized spacial score (nSPS) is 17.3. The first-order valence-electron chi connectivity index (χ1n) is 6.80. The highest BCUT2D eigenvalue weighted by Gasteiger charge is 2.24. The van der Waals surface area contributed by atoms with E-state index in [4.69, 9.17) is 0 Å². The van der Waals surface area contributed by atoms with Gasteiger partial charge in [-0.15, -0.1) is 0 Å². The fraction of sp³-hybridized carbons (Fsp3) is 0.294. The Labute approximate surface area is 114 Å². The van der Waals surface area contributed by atoms with Crippen LogP contribution in [0.25, 0.3) is 0 Å². The molecule has 2 N–H and O–H groups in total. The molecule has 98 valence electrons. The summed E-state index contributed by atoms with van der Waals surface area (Å²) in [6.07, 6.45) is 1.99. The van der Waals surface area contributed by atoms with Crippen molar-refractivity contribution in [2.45, 2.75) is 32.7 Å². The first-order valence-corrected chi connectivity index (χ1v) is 6.80. The molecule has 0 aromatic heterocycles. The largest absolute Gasteiger partial charge is 0.508 e. The van der Waals surface area contributed by atoms with Crippen LogP contribution in [0.4, 0.5) is 5.69 Å². The van der Waals surface area contributed by atoms with Gasteiger partial charge in [-0.1, -0.05) is 24.3 Å². The van der Waals surface area contributed by atoms with Crippen molar-refractivity contribution in [2.75, 3.05) is 5.32 Å². The van der Waals surface area contributed by atoms with Crippen LogP contribution in [-0.2, 0) is 6.42 Å². The lowest BCUT2D eigenvalue weighted by Gasteiger charge is -2.18. The van der Waals surface area contributed by atoms with Gasteiger partial charge in [-0.25, -0.2) is 0 Å². The third kappa shape index (κ3) is 2.07. The number of phenols is 1. The highest BCUT2D eigenvalue weighted by molar-refractivity contribution is 5.57. The highest BCUT2D eigenvalue weighted by Crippen LogP contribution is 2.38. The molecule has 1 unspecified atom stereocenters. The van der Waals surface area contributed by atoms with E-state index in [1.165, 1.54) is 22.4 Å². The zero-order valence-electron chi connectivity index (χ0n) is 11.4. The monoisotopic (exact) mass is 253 g/mol. The van der Waals surface area contributed by atoms with E-state index in [2.05, 4.69) is 43.4 Å². The van der Waals surface area contributed by atoms with E-state index >= 15 is 0 Å². The van der Waals surface area contributed by atoms with Gasteiger partial charge in [0.25, 0.3) is 0 Å². The Morgan fingerprint density at radius 2 is 1.89 bits per heavy atom. The van der Waals surface area contributed by atoms with Crippen molar-refractivity contribution in [3.8, 4) is 5.75 Å². The molecular weight excluding hydrogens is 234 g/mol. The quantitative estimate of drug-likeness (QED) is 0.844. The smallest absolute Gasteiger partial charge is 0.119 e. The topological polar surface area (TPSA) is 32.3 Å². The van der Waals surface area contributed by atoms with E-state index in [0.29, 0.717) is 11.8 Å². The summed E-state index contributed by atoms with van der Waals surface area (Å²) in [4.78, 5) is 0. The van der Waals surface area contributed by atoms with Crippen LogP contribution in [0.1, 0.15) is 34.7 Å². The summed E-state index contributed by atoms with van der Waals surface area (Å²) in [6, 6.07) is 12.5. The number of hydrogen-bond acceptors (Lipinski definition) is 2. The van der Waals surface area contributed by atoms with Crippen LogP contribution in [0, 0.1) is 13.8 Å². The maximum absolute atomic E-state index is 9.89. The molecule has 3 rings (SSSR count). The number of phenolic OH excluding ortho intramolecular Hbond substituents is 1. The molecule has 0 spiro atoms. The van der Waals surface area contributed by atoms with E-state index in [0.717, 1.165) is 18.4 Å². The Balaban J connectivity index is 1.91. The summed E-state index contributed by atoms with van der Waals surface area (Å²) in [6.45, 7) is 4.28. The molecule has 19 heavy (non-hydrogen) atoms. The molecule has 0 saturated heterocycles. The Morgan fingerprint density at radius 1 is 1.11 bits per heavy atom. The van der Waals surface area contributed by atoms with E-state index < -0.39 is 0 Å².